The lowest BCUT2D eigenvalue weighted by Crippen LogP contribution is -2.23. The minimum Gasteiger partial charge on any atom is -0.437 e. The van der Waals surface area contributed by atoms with E-state index in [1.54, 1.807) is 66.9 Å². The lowest BCUT2D eigenvalue weighted by Gasteiger charge is -2.11. The average molecular weight is 586 g/mol. The van der Waals surface area contributed by atoms with Gasteiger partial charge in [0.05, 0.1) is 18.4 Å². The molecule has 0 unspecified atom stereocenters. The third-order valence-corrected chi connectivity index (χ3v) is 5.69. The molecule has 3 amide bonds. The van der Waals surface area contributed by atoms with E-state index in [0.717, 1.165) is 12.2 Å². The summed E-state index contributed by atoms with van der Waals surface area (Å²) in [5.41, 5.74) is 4.34. The number of hydrogen-bond acceptors (Lipinski definition) is 9. The summed E-state index contributed by atoms with van der Waals surface area (Å²) in [5, 5.41) is 17.2. The molecular weight excluding hydrogens is 562 g/mol. The predicted octanol–water partition coefficient (Wildman–Crippen LogP) is 4.63. The summed E-state index contributed by atoms with van der Waals surface area (Å²) in [6, 6.07) is 16.8. The number of nitrogens with one attached hydrogen (secondary N) is 4. The third-order valence-electron chi connectivity index (χ3n) is 5.43. The van der Waals surface area contributed by atoms with E-state index in [1.807, 2.05) is 0 Å². The van der Waals surface area contributed by atoms with E-state index in [-0.39, 0.29) is 35.2 Å². The summed E-state index contributed by atoms with van der Waals surface area (Å²) < 4.78 is 5.80. The molecule has 0 aliphatic rings. The number of amides is 3. The maximum absolute atomic E-state index is 12.6. The van der Waals surface area contributed by atoms with Gasteiger partial charge >= 0.3 is 0 Å². The number of hydrogen-bond donors (Lipinski definition) is 5. The molecule has 12 nitrogen and oxygen atoms in total. The third kappa shape index (κ3) is 8.45. The Kier molecular flexibility index (Phi) is 9.91. The molecule has 0 radical (unpaired) electrons. The van der Waals surface area contributed by atoms with Crippen molar-refractivity contribution in [3.05, 3.63) is 114 Å². The number of aromatic nitrogens is 3. The Labute approximate surface area is 245 Å². The van der Waals surface area contributed by atoms with E-state index in [4.69, 9.17) is 21.5 Å². The van der Waals surface area contributed by atoms with Crippen molar-refractivity contribution in [1.82, 2.24) is 25.7 Å². The first-order valence-corrected chi connectivity index (χ1v) is 12.7. The predicted molar refractivity (Wildman–Crippen MR) is 156 cm³/mol. The molecule has 2 aromatic heterocycles. The van der Waals surface area contributed by atoms with Crippen LogP contribution in [-0.4, -0.2) is 37.9 Å². The van der Waals surface area contributed by atoms with Gasteiger partial charge in [-0.2, -0.15) is 4.98 Å². The molecule has 0 aliphatic heterocycles. The fourth-order valence-corrected chi connectivity index (χ4v) is 3.51. The highest BCUT2D eigenvalue weighted by Gasteiger charge is 2.11. The Bertz CT molecular complexity index is 1630. The van der Waals surface area contributed by atoms with Gasteiger partial charge in [0.15, 0.2) is 0 Å². The maximum atomic E-state index is 12.6. The van der Waals surface area contributed by atoms with Crippen molar-refractivity contribution in [2.45, 2.75) is 6.54 Å². The van der Waals surface area contributed by atoms with Crippen LogP contribution in [0.15, 0.2) is 91.8 Å². The van der Waals surface area contributed by atoms with E-state index < -0.39 is 5.91 Å². The minimum absolute atomic E-state index is 0.102. The van der Waals surface area contributed by atoms with E-state index in [1.165, 1.54) is 17.8 Å². The molecule has 0 saturated carbocycles. The standard InChI is InChI=1S/C29H24ClN7O5/c1-2-25(38)34-21-4-3-5-23(14-21)42-28-24(30)17-33-29(36-28)35-20-11-8-19(9-12-20)27(40)32-16-22-10-6-18(15-31-22)7-13-26(39)37-41/h2-15,17,41H,1,16H2,(H,32,40)(H,34,38)(H,37,39)(H,33,35,36)/b13-7+. The SMILES string of the molecule is C=CC(=O)Nc1cccc(Oc2nc(Nc3ccc(C(=O)NCc4ccc(/C=C/C(=O)NO)cn4)cc3)ncc2Cl)c1. The molecule has 0 bridgehead atoms. The molecule has 5 N–H and O–H groups in total. The van der Waals surface area contributed by atoms with Gasteiger partial charge in [0.2, 0.25) is 17.7 Å². The summed E-state index contributed by atoms with van der Waals surface area (Å²) >= 11 is 6.23. The van der Waals surface area contributed by atoms with Crippen LogP contribution in [0.25, 0.3) is 6.08 Å². The fraction of sp³-hybridized carbons (Fsp3) is 0.0345. The number of hydroxylamine groups is 1. The van der Waals surface area contributed by atoms with Crippen molar-refractivity contribution in [3.8, 4) is 11.6 Å². The number of carbonyl (C=O) groups is 3. The molecule has 4 aromatic rings. The first-order chi connectivity index (χ1) is 20.3. The number of halogens is 1. The van der Waals surface area contributed by atoms with Gasteiger partial charge in [-0.1, -0.05) is 30.3 Å². The number of anilines is 3. The minimum atomic E-state index is -0.651. The lowest BCUT2D eigenvalue weighted by atomic mass is 10.2. The number of nitrogens with zero attached hydrogens (tertiary/aromatic N) is 3. The number of benzene rings is 2. The van der Waals surface area contributed by atoms with Crippen molar-refractivity contribution in [3.63, 3.8) is 0 Å². The summed E-state index contributed by atoms with van der Waals surface area (Å²) in [6.45, 7) is 3.63. The highest BCUT2D eigenvalue weighted by atomic mass is 35.5. The van der Waals surface area contributed by atoms with E-state index >= 15 is 0 Å². The fourth-order valence-electron chi connectivity index (χ4n) is 3.38. The zero-order chi connectivity index (χ0) is 29.9. The van der Waals surface area contributed by atoms with Crippen LogP contribution in [0.5, 0.6) is 11.6 Å². The van der Waals surface area contributed by atoms with Gasteiger partial charge in [0, 0.05) is 35.3 Å². The van der Waals surface area contributed by atoms with Gasteiger partial charge in [-0.25, -0.2) is 10.5 Å². The quantitative estimate of drug-likeness (QED) is 0.0957. The van der Waals surface area contributed by atoms with Gasteiger partial charge < -0.3 is 20.7 Å². The number of ether oxygens (including phenoxy) is 1. The summed E-state index contributed by atoms with van der Waals surface area (Å²) in [6.07, 6.45) is 6.75. The van der Waals surface area contributed by atoms with Crippen LogP contribution in [0.4, 0.5) is 17.3 Å². The number of carbonyl (C=O) groups excluding carboxylic acids is 3. The summed E-state index contributed by atoms with van der Waals surface area (Å²) in [5.74, 6) is -0.588. The van der Waals surface area contributed by atoms with Crippen molar-refractivity contribution in [2.24, 2.45) is 0 Å². The van der Waals surface area contributed by atoms with Crippen LogP contribution in [-0.2, 0) is 16.1 Å². The Hall–Kier alpha value is -5.59. The highest BCUT2D eigenvalue weighted by molar-refractivity contribution is 6.31. The van der Waals surface area contributed by atoms with Crippen molar-refractivity contribution < 1.29 is 24.3 Å². The van der Waals surface area contributed by atoms with Crippen LogP contribution in [0.1, 0.15) is 21.6 Å². The normalized spacial score (nSPS) is 10.5. The Morgan fingerprint density at radius 1 is 0.976 bits per heavy atom. The first-order valence-electron chi connectivity index (χ1n) is 12.3. The zero-order valence-electron chi connectivity index (χ0n) is 21.9. The molecule has 0 aliphatic carbocycles. The summed E-state index contributed by atoms with van der Waals surface area (Å²) in [7, 11) is 0. The smallest absolute Gasteiger partial charge is 0.267 e. The van der Waals surface area contributed by atoms with Gasteiger partial charge in [-0.15, -0.1) is 0 Å². The van der Waals surface area contributed by atoms with Crippen molar-refractivity contribution >= 4 is 52.7 Å². The number of rotatable bonds is 11. The lowest BCUT2D eigenvalue weighted by molar-refractivity contribution is -0.124. The summed E-state index contributed by atoms with van der Waals surface area (Å²) in [4.78, 5) is 48.0. The largest absolute Gasteiger partial charge is 0.437 e. The van der Waals surface area contributed by atoms with E-state index in [0.29, 0.717) is 33.9 Å². The first kappa shape index (κ1) is 29.4. The molecular formula is C29H24ClN7O5. The molecule has 212 valence electrons. The van der Waals surface area contributed by atoms with Crippen LogP contribution in [0.2, 0.25) is 5.02 Å². The van der Waals surface area contributed by atoms with Crippen LogP contribution < -0.4 is 26.2 Å². The van der Waals surface area contributed by atoms with Gasteiger partial charge in [-0.3, -0.25) is 24.6 Å². The van der Waals surface area contributed by atoms with Crippen LogP contribution in [0.3, 0.4) is 0 Å². The van der Waals surface area contributed by atoms with E-state index in [2.05, 4.69) is 37.5 Å². The molecule has 13 heteroatoms. The second-order valence-corrected chi connectivity index (χ2v) is 8.85. The number of pyridine rings is 1. The molecule has 42 heavy (non-hydrogen) atoms. The van der Waals surface area contributed by atoms with Gasteiger partial charge in [0.25, 0.3) is 11.8 Å². The van der Waals surface area contributed by atoms with E-state index in [9.17, 15) is 14.4 Å². The Morgan fingerprint density at radius 3 is 2.50 bits per heavy atom. The average Bonchev–Trinajstić information content (AvgIpc) is 3.01. The second kappa shape index (κ2) is 14.2. The maximum Gasteiger partial charge on any atom is 0.267 e. The monoisotopic (exact) mass is 585 g/mol. The molecule has 0 saturated heterocycles. The molecule has 4 rings (SSSR count). The molecule has 0 atom stereocenters. The van der Waals surface area contributed by atoms with Crippen molar-refractivity contribution in [1.29, 1.82) is 0 Å². The molecule has 2 aromatic carbocycles. The van der Waals surface area contributed by atoms with Crippen molar-refractivity contribution in [2.75, 3.05) is 10.6 Å². The molecule has 2 heterocycles. The second-order valence-electron chi connectivity index (χ2n) is 8.45. The topological polar surface area (TPSA) is 167 Å². The molecule has 0 spiro atoms. The van der Waals surface area contributed by atoms with Crippen LogP contribution >= 0.6 is 11.6 Å². The highest BCUT2D eigenvalue weighted by Crippen LogP contribution is 2.29. The van der Waals surface area contributed by atoms with Crippen LogP contribution in [0, 0.1) is 0 Å². The zero-order valence-corrected chi connectivity index (χ0v) is 22.6. The molecule has 0 fully saturated rings. The Morgan fingerprint density at radius 2 is 1.79 bits per heavy atom. The van der Waals surface area contributed by atoms with Gasteiger partial charge in [0.1, 0.15) is 10.8 Å². The Balaban J connectivity index is 1.34. The van der Waals surface area contributed by atoms with Gasteiger partial charge in [-0.05, 0) is 60.2 Å².